The Balaban J connectivity index is 1.37. The molecule has 1 N–H and O–H groups in total. The number of aromatic nitrogens is 3. The molecule has 27 heavy (non-hydrogen) atoms. The molecule has 0 unspecified atom stereocenters. The molecule has 0 spiro atoms. The van der Waals surface area contributed by atoms with Crippen molar-refractivity contribution in [3.63, 3.8) is 0 Å². The number of para-hydroxylation sites is 2. The molecule has 4 rings (SSSR count). The number of ether oxygens (including phenoxy) is 1. The molecule has 0 aliphatic heterocycles. The second kappa shape index (κ2) is 7.77. The Bertz CT molecular complexity index is 1040. The minimum absolute atomic E-state index is 0.296. The second-order valence-corrected chi connectivity index (χ2v) is 7.41. The standard InChI is InChI=1S/C18H14N4O3S2/c1-24-12-8-6-11(7-9-12)19-16(23)17-22-21-15(27-17)10-26-18-20-13-4-2-3-5-14(13)25-18/h2-9H,10H2,1H3,(H,19,23). The predicted octanol–water partition coefficient (Wildman–Crippen LogP) is 4.23. The summed E-state index contributed by atoms with van der Waals surface area (Å²) >= 11 is 2.66. The minimum atomic E-state index is -0.296. The molecule has 0 atom stereocenters. The Kier molecular flexibility index (Phi) is 5.03. The predicted molar refractivity (Wildman–Crippen MR) is 104 cm³/mol. The van der Waals surface area contributed by atoms with E-state index in [-0.39, 0.29) is 5.91 Å². The van der Waals surface area contributed by atoms with E-state index < -0.39 is 0 Å². The number of fused-ring (bicyclic) bond motifs is 1. The lowest BCUT2D eigenvalue weighted by Gasteiger charge is -2.03. The van der Waals surface area contributed by atoms with Gasteiger partial charge in [-0.05, 0) is 36.4 Å². The molecule has 0 fully saturated rings. The van der Waals surface area contributed by atoms with Gasteiger partial charge in [0, 0.05) is 5.69 Å². The molecule has 1 amide bonds. The van der Waals surface area contributed by atoms with Gasteiger partial charge in [-0.25, -0.2) is 4.98 Å². The zero-order chi connectivity index (χ0) is 18.6. The number of hydrogen-bond acceptors (Lipinski definition) is 8. The maximum Gasteiger partial charge on any atom is 0.286 e. The number of nitrogens with zero attached hydrogens (tertiary/aromatic N) is 3. The average molecular weight is 398 g/mol. The van der Waals surface area contributed by atoms with Crippen LogP contribution in [-0.2, 0) is 5.75 Å². The van der Waals surface area contributed by atoms with Gasteiger partial charge in [-0.2, -0.15) is 0 Å². The van der Waals surface area contributed by atoms with E-state index in [0.29, 0.717) is 21.7 Å². The van der Waals surface area contributed by atoms with Crippen LogP contribution in [0.25, 0.3) is 11.1 Å². The summed E-state index contributed by atoms with van der Waals surface area (Å²) in [5.74, 6) is 0.957. The van der Waals surface area contributed by atoms with Crippen LogP contribution in [0.5, 0.6) is 5.75 Å². The van der Waals surface area contributed by atoms with Crippen molar-refractivity contribution in [3.8, 4) is 5.75 Å². The summed E-state index contributed by atoms with van der Waals surface area (Å²) in [6, 6.07) is 14.7. The van der Waals surface area contributed by atoms with E-state index in [0.717, 1.165) is 21.9 Å². The number of hydrogen-bond donors (Lipinski definition) is 1. The summed E-state index contributed by atoms with van der Waals surface area (Å²) in [7, 11) is 1.59. The summed E-state index contributed by atoms with van der Waals surface area (Å²) < 4.78 is 10.8. The van der Waals surface area contributed by atoms with Crippen molar-refractivity contribution in [2.45, 2.75) is 11.0 Å². The maximum atomic E-state index is 12.3. The van der Waals surface area contributed by atoms with Gasteiger partial charge in [-0.3, -0.25) is 4.79 Å². The normalized spacial score (nSPS) is 10.9. The van der Waals surface area contributed by atoms with Crippen molar-refractivity contribution < 1.29 is 13.9 Å². The van der Waals surface area contributed by atoms with Gasteiger partial charge in [0.15, 0.2) is 5.58 Å². The fourth-order valence-corrected chi connectivity index (χ4v) is 3.86. The van der Waals surface area contributed by atoms with Gasteiger partial charge in [0.2, 0.25) is 5.01 Å². The number of nitrogens with one attached hydrogen (secondary N) is 1. The van der Waals surface area contributed by atoms with Gasteiger partial charge in [0.1, 0.15) is 16.3 Å². The van der Waals surface area contributed by atoms with E-state index >= 15 is 0 Å². The first kappa shape index (κ1) is 17.5. The fourth-order valence-electron chi connectivity index (χ4n) is 2.30. The molecule has 2 heterocycles. The van der Waals surface area contributed by atoms with Crippen LogP contribution in [0.4, 0.5) is 5.69 Å². The van der Waals surface area contributed by atoms with Crippen molar-refractivity contribution in [2.75, 3.05) is 12.4 Å². The Labute approximate surface area is 162 Å². The number of benzene rings is 2. The van der Waals surface area contributed by atoms with Crippen molar-refractivity contribution in [1.82, 2.24) is 15.2 Å². The van der Waals surface area contributed by atoms with Crippen molar-refractivity contribution in [1.29, 1.82) is 0 Å². The molecule has 2 aromatic carbocycles. The van der Waals surface area contributed by atoms with Crippen LogP contribution in [0.1, 0.15) is 14.8 Å². The van der Waals surface area contributed by atoms with Gasteiger partial charge in [-0.15, -0.1) is 10.2 Å². The van der Waals surface area contributed by atoms with Crippen molar-refractivity contribution in [3.05, 3.63) is 58.5 Å². The summed E-state index contributed by atoms with van der Waals surface area (Å²) in [6.07, 6.45) is 0. The highest BCUT2D eigenvalue weighted by molar-refractivity contribution is 7.98. The maximum absolute atomic E-state index is 12.3. The van der Waals surface area contributed by atoms with Gasteiger partial charge in [0.05, 0.1) is 12.9 Å². The molecule has 7 nitrogen and oxygen atoms in total. The number of methoxy groups -OCH3 is 1. The summed E-state index contributed by atoms with van der Waals surface area (Å²) in [4.78, 5) is 16.7. The third-order valence-corrected chi connectivity index (χ3v) is 5.55. The van der Waals surface area contributed by atoms with E-state index in [2.05, 4.69) is 20.5 Å². The lowest BCUT2D eigenvalue weighted by atomic mass is 10.3. The van der Waals surface area contributed by atoms with Crippen molar-refractivity contribution >= 4 is 45.8 Å². The van der Waals surface area contributed by atoms with E-state index in [1.807, 2.05) is 24.3 Å². The SMILES string of the molecule is COc1ccc(NC(=O)c2nnc(CSc3nc4ccccc4o3)s2)cc1. The Morgan fingerprint density at radius 1 is 1.19 bits per heavy atom. The highest BCUT2D eigenvalue weighted by atomic mass is 32.2. The quantitative estimate of drug-likeness (QED) is 0.486. The summed E-state index contributed by atoms with van der Waals surface area (Å²) in [5.41, 5.74) is 2.23. The molecule has 0 aliphatic carbocycles. The molecule has 4 aromatic rings. The number of carbonyl (C=O) groups excluding carboxylic acids is 1. The van der Waals surface area contributed by atoms with Gasteiger partial charge in [0.25, 0.3) is 11.1 Å². The van der Waals surface area contributed by atoms with Crippen LogP contribution >= 0.6 is 23.1 Å². The van der Waals surface area contributed by atoms with E-state index in [4.69, 9.17) is 9.15 Å². The van der Waals surface area contributed by atoms with E-state index in [9.17, 15) is 4.79 Å². The van der Waals surface area contributed by atoms with Crippen molar-refractivity contribution in [2.24, 2.45) is 0 Å². The molecule has 0 saturated heterocycles. The Morgan fingerprint density at radius 2 is 2.00 bits per heavy atom. The minimum Gasteiger partial charge on any atom is -0.497 e. The van der Waals surface area contributed by atoms with E-state index in [1.54, 1.807) is 31.4 Å². The fraction of sp³-hybridized carbons (Fsp3) is 0.111. The molecule has 0 aliphatic rings. The van der Waals surface area contributed by atoms with Crippen LogP contribution in [-0.4, -0.2) is 28.2 Å². The first-order chi connectivity index (χ1) is 13.2. The van der Waals surface area contributed by atoms with Crippen LogP contribution in [0, 0.1) is 0 Å². The van der Waals surface area contributed by atoms with Gasteiger partial charge >= 0.3 is 0 Å². The number of thioether (sulfide) groups is 1. The van der Waals surface area contributed by atoms with Gasteiger partial charge in [-0.1, -0.05) is 35.2 Å². The third-order valence-electron chi connectivity index (χ3n) is 3.60. The third kappa shape index (κ3) is 4.09. The van der Waals surface area contributed by atoms with Gasteiger partial charge < -0.3 is 14.5 Å². The molecule has 9 heteroatoms. The molecule has 0 saturated carbocycles. The highest BCUT2D eigenvalue weighted by Crippen LogP contribution is 2.27. The molecule has 136 valence electrons. The first-order valence-electron chi connectivity index (χ1n) is 7.97. The molecular formula is C18H14N4O3S2. The molecular weight excluding hydrogens is 384 g/mol. The topological polar surface area (TPSA) is 90.1 Å². The number of carbonyl (C=O) groups is 1. The number of rotatable bonds is 6. The second-order valence-electron chi connectivity index (χ2n) is 5.42. The zero-order valence-electron chi connectivity index (χ0n) is 14.2. The zero-order valence-corrected chi connectivity index (χ0v) is 15.8. The number of amides is 1. The highest BCUT2D eigenvalue weighted by Gasteiger charge is 2.14. The van der Waals surface area contributed by atoms with E-state index in [1.165, 1.54) is 23.1 Å². The molecule has 0 bridgehead atoms. The average Bonchev–Trinajstić information content (AvgIpc) is 3.33. The Hall–Kier alpha value is -2.91. The largest absolute Gasteiger partial charge is 0.497 e. The molecule has 0 radical (unpaired) electrons. The lowest BCUT2D eigenvalue weighted by Crippen LogP contribution is -2.11. The molecule has 2 aromatic heterocycles. The number of oxazole rings is 1. The first-order valence-corrected chi connectivity index (χ1v) is 9.77. The van der Waals surface area contributed by atoms with Crippen LogP contribution in [0.15, 0.2) is 58.2 Å². The summed E-state index contributed by atoms with van der Waals surface area (Å²) in [6.45, 7) is 0. The van der Waals surface area contributed by atoms with Crippen LogP contribution in [0.2, 0.25) is 0 Å². The smallest absolute Gasteiger partial charge is 0.286 e. The van der Waals surface area contributed by atoms with Crippen LogP contribution in [0.3, 0.4) is 0 Å². The Morgan fingerprint density at radius 3 is 2.78 bits per heavy atom. The van der Waals surface area contributed by atoms with Crippen LogP contribution < -0.4 is 10.1 Å². The number of anilines is 1. The summed E-state index contributed by atoms with van der Waals surface area (Å²) in [5, 5.41) is 12.4. The monoisotopic (exact) mass is 398 g/mol. The lowest BCUT2D eigenvalue weighted by molar-refractivity contribution is 0.102.